The zero-order chi connectivity index (χ0) is 23.7. The molecule has 0 atom stereocenters. The lowest BCUT2D eigenvalue weighted by atomic mass is 10.1. The Labute approximate surface area is 205 Å². The lowest BCUT2D eigenvalue weighted by molar-refractivity contribution is -0.119. The molecule has 0 aliphatic carbocycles. The van der Waals surface area contributed by atoms with E-state index in [1.165, 1.54) is 16.4 Å². The molecule has 33 heavy (non-hydrogen) atoms. The zero-order valence-corrected chi connectivity index (χ0v) is 20.8. The highest BCUT2D eigenvalue weighted by molar-refractivity contribution is 7.99. The molecule has 3 aromatic carbocycles. The highest BCUT2D eigenvalue weighted by Gasteiger charge is 2.26. The molecule has 5 nitrogen and oxygen atoms in total. The van der Waals surface area contributed by atoms with Gasteiger partial charge >= 0.3 is 0 Å². The summed E-state index contributed by atoms with van der Waals surface area (Å²) in [6, 6.07) is 23.0. The Balaban J connectivity index is 1.62. The molecule has 3 aromatic rings. The average Bonchev–Trinajstić information content (AvgIpc) is 2.84. The van der Waals surface area contributed by atoms with Crippen LogP contribution >= 0.6 is 23.4 Å². The smallest absolute Gasteiger partial charge is 0.264 e. The van der Waals surface area contributed by atoms with E-state index in [1.54, 1.807) is 42.1 Å². The van der Waals surface area contributed by atoms with E-state index in [-0.39, 0.29) is 17.3 Å². The Kier molecular flexibility index (Phi) is 9.23. The molecule has 0 heterocycles. The summed E-state index contributed by atoms with van der Waals surface area (Å²) in [7, 11) is -3.89. The van der Waals surface area contributed by atoms with E-state index in [1.807, 2.05) is 43.3 Å². The van der Waals surface area contributed by atoms with Crippen LogP contribution in [-0.4, -0.2) is 33.2 Å². The Hall–Kier alpha value is -2.48. The van der Waals surface area contributed by atoms with Crippen LogP contribution in [0.2, 0.25) is 5.02 Å². The van der Waals surface area contributed by atoms with Gasteiger partial charge in [-0.2, -0.15) is 0 Å². The minimum atomic E-state index is -3.89. The average molecular weight is 503 g/mol. The van der Waals surface area contributed by atoms with Crippen molar-refractivity contribution in [2.75, 3.05) is 23.1 Å². The lowest BCUT2D eigenvalue weighted by Crippen LogP contribution is -2.41. The maximum atomic E-state index is 13.3. The molecule has 8 heteroatoms. The van der Waals surface area contributed by atoms with Crippen molar-refractivity contribution in [3.8, 4) is 0 Å². The summed E-state index contributed by atoms with van der Waals surface area (Å²) in [5.41, 5.74) is 1.56. The van der Waals surface area contributed by atoms with Gasteiger partial charge in [-0.3, -0.25) is 9.10 Å². The molecular formula is C25H27ClN2O3S2. The maximum absolute atomic E-state index is 13.3. The van der Waals surface area contributed by atoms with Crippen LogP contribution in [0.4, 0.5) is 5.69 Å². The number of carbonyl (C=O) groups is 1. The van der Waals surface area contributed by atoms with Crippen molar-refractivity contribution in [3.05, 3.63) is 89.4 Å². The molecule has 1 amide bonds. The number of amides is 1. The highest BCUT2D eigenvalue weighted by atomic mass is 35.5. The van der Waals surface area contributed by atoms with Gasteiger partial charge in [-0.1, -0.05) is 48.9 Å². The number of carbonyl (C=O) groups excluding carboxylic acids is 1. The monoisotopic (exact) mass is 502 g/mol. The molecular weight excluding hydrogens is 476 g/mol. The molecule has 0 aromatic heterocycles. The van der Waals surface area contributed by atoms with Crippen LogP contribution in [0.15, 0.2) is 88.7 Å². The first-order valence-corrected chi connectivity index (χ1v) is 13.5. The molecule has 1 N–H and O–H groups in total. The predicted molar refractivity (Wildman–Crippen MR) is 137 cm³/mol. The summed E-state index contributed by atoms with van der Waals surface area (Å²) in [6.07, 6.45) is 1.61. The van der Waals surface area contributed by atoms with Crippen LogP contribution in [0.1, 0.15) is 18.9 Å². The largest absolute Gasteiger partial charge is 0.354 e. The molecule has 0 aliphatic heterocycles. The minimum Gasteiger partial charge on any atom is -0.354 e. The van der Waals surface area contributed by atoms with Gasteiger partial charge in [0.05, 0.1) is 10.6 Å². The van der Waals surface area contributed by atoms with E-state index in [4.69, 9.17) is 11.6 Å². The number of hydrogen-bond donors (Lipinski definition) is 1. The maximum Gasteiger partial charge on any atom is 0.264 e. The van der Waals surface area contributed by atoms with Crippen molar-refractivity contribution < 1.29 is 13.2 Å². The summed E-state index contributed by atoms with van der Waals surface area (Å²) in [6.45, 7) is 2.21. The third-order valence-electron chi connectivity index (χ3n) is 4.98. The molecule has 0 radical (unpaired) electrons. The van der Waals surface area contributed by atoms with Gasteiger partial charge in [0, 0.05) is 16.5 Å². The number of thioether (sulfide) groups is 1. The van der Waals surface area contributed by atoms with E-state index < -0.39 is 10.0 Å². The summed E-state index contributed by atoms with van der Waals surface area (Å²) < 4.78 is 27.8. The van der Waals surface area contributed by atoms with E-state index in [0.29, 0.717) is 17.3 Å². The molecule has 0 saturated carbocycles. The van der Waals surface area contributed by atoms with Gasteiger partial charge in [0.25, 0.3) is 10.0 Å². The first-order chi connectivity index (χ1) is 15.9. The quantitative estimate of drug-likeness (QED) is 0.282. The van der Waals surface area contributed by atoms with Gasteiger partial charge in [-0.25, -0.2) is 8.42 Å². The summed E-state index contributed by atoms with van der Waals surface area (Å²) in [4.78, 5) is 13.9. The van der Waals surface area contributed by atoms with Crippen LogP contribution in [-0.2, 0) is 21.2 Å². The third kappa shape index (κ3) is 7.25. The van der Waals surface area contributed by atoms with Crippen molar-refractivity contribution in [3.63, 3.8) is 0 Å². The van der Waals surface area contributed by atoms with Crippen LogP contribution in [0.3, 0.4) is 0 Å². The third-order valence-corrected chi connectivity index (χ3v) is 8.11. The van der Waals surface area contributed by atoms with E-state index in [0.717, 1.165) is 29.1 Å². The van der Waals surface area contributed by atoms with Gasteiger partial charge in [-0.15, -0.1) is 11.8 Å². The number of hydrogen-bond acceptors (Lipinski definition) is 4. The minimum absolute atomic E-state index is 0.150. The number of nitrogens with one attached hydrogen (secondary N) is 1. The van der Waals surface area contributed by atoms with E-state index in [2.05, 4.69) is 5.32 Å². The van der Waals surface area contributed by atoms with E-state index >= 15 is 0 Å². The van der Waals surface area contributed by atoms with Crippen molar-refractivity contribution in [2.24, 2.45) is 0 Å². The van der Waals surface area contributed by atoms with Crippen molar-refractivity contribution >= 4 is 45.0 Å². The normalized spacial score (nSPS) is 11.2. The fraction of sp³-hybridized carbons (Fsp3) is 0.240. The second-order valence-electron chi connectivity index (χ2n) is 7.35. The Bertz CT molecular complexity index is 1140. The number of sulfonamides is 1. The first kappa shape index (κ1) is 25.1. The second kappa shape index (κ2) is 12.1. The van der Waals surface area contributed by atoms with Crippen LogP contribution in [0.5, 0.6) is 0 Å². The van der Waals surface area contributed by atoms with Crippen molar-refractivity contribution in [1.29, 1.82) is 0 Å². The molecule has 0 aliphatic rings. The second-order valence-corrected chi connectivity index (χ2v) is 10.8. The summed E-state index contributed by atoms with van der Waals surface area (Å²) >= 11 is 7.58. The number of halogens is 1. The Morgan fingerprint density at radius 2 is 1.64 bits per heavy atom. The van der Waals surface area contributed by atoms with Crippen LogP contribution in [0, 0.1) is 0 Å². The van der Waals surface area contributed by atoms with Crippen LogP contribution in [0.25, 0.3) is 0 Å². The molecule has 0 saturated heterocycles. The molecule has 0 unspecified atom stereocenters. The van der Waals surface area contributed by atoms with Gasteiger partial charge in [0.1, 0.15) is 6.54 Å². The predicted octanol–water partition coefficient (Wildman–Crippen LogP) is 5.40. The SMILES string of the molecule is CCc1ccc(N(CC(=O)NCCCSc2ccc(Cl)cc2)S(=O)(=O)c2ccccc2)cc1. The lowest BCUT2D eigenvalue weighted by Gasteiger charge is -2.24. The molecule has 3 rings (SSSR count). The first-order valence-electron chi connectivity index (χ1n) is 10.7. The summed E-state index contributed by atoms with van der Waals surface area (Å²) in [5, 5.41) is 3.54. The topological polar surface area (TPSA) is 66.5 Å². The van der Waals surface area contributed by atoms with Gasteiger partial charge in [0.15, 0.2) is 0 Å². The van der Waals surface area contributed by atoms with Gasteiger partial charge < -0.3 is 5.32 Å². The van der Waals surface area contributed by atoms with Crippen LogP contribution < -0.4 is 9.62 Å². The summed E-state index contributed by atoms with van der Waals surface area (Å²) in [5.74, 6) is 0.484. The van der Waals surface area contributed by atoms with Crippen molar-refractivity contribution in [1.82, 2.24) is 5.32 Å². The number of anilines is 1. The molecule has 0 fully saturated rings. The zero-order valence-electron chi connectivity index (χ0n) is 18.4. The standard InChI is InChI=1S/C25H27ClN2O3S2/c1-2-20-9-13-22(14-10-20)28(33(30,31)24-7-4-3-5-8-24)19-25(29)27-17-6-18-32-23-15-11-21(26)12-16-23/h3-5,7-16H,2,6,17-19H2,1H3,(H,27,29). The highest BCUT2D eigenvalue weighted by Crippen LogP contribution is 2.24. The Morgan fingerprint density at radius 3 is 2.27 bits per heavy atom. The number of benzene rings is 3. The fourth-order valence-corrected chi connectivity index (χ4v) is 5.56. The van der Waals surface area contributed by atoms with Gasteiger partial charge in [0.2, 0.25) is 5.91 Å². The number of rotatable bonds is 11. The fourth-order valence-electron chi connectivity index (χ4n) is 3.14. The van der Waals surface area contributed by atoms with Gasteiger partial charge in [-0.05, 0) is 72.7 Å². The molecule has 0 bridgehead atoms. The Morgan fingerprint density at radius 1 is 0.970 bits per heavy atom. The van der Waals surface area contributed by atoms with E-state index in [9.17, 15) is 13.2 Å². The molecule has 174 valence electrons. The van der Waals surface area contributed by atoms with Crippen molar-refractivity contribution in [2.45, 2.75) is 29.6 Å². The molecule has 0 spiro atoms. The number of nitrogens with zero attached hydrogens (tertiary/aromatic N) is 1. The number of aryl methyl sites for hydroxylation is 1.